The Kier molecular flexibility index (Phi) is 8.83. The quantitative estimate of drug-likeness (QED) is 0.327. The van der Waals surface area contributed by atoms with Crippen LogP contribution in [0.1, 0.15) is 69.3 Å². The molecule has 3 heterocycles. The highest BCUT2D eigenvalue weighted by atomic mass is 16.4. The average Bonchev–Trinajstić information content (AvgIpc) is 3.59. The Morgan fingerprint density at radius 2 is 1.68 bits per heavy atom. The first-order chi connectivity index (χ1) is 19.7. The van der Waals surface area contributed by atoms with Crippen molar-refractivity contribution in [2.45, 2.75) is 76.3 Å². The van der Waals surface area contributed by atoms with E-state index in [1.165, 1.54) is 69.1 Å². The van der Waals surface area contributed by atoms with Gasteiger partial charge in [0.25, 0.3) is 0 Å². The van der Waals surface area contributed by atoms with Crippen LogP contribution in [0.15, 0.2) is 60.9 Å². The molecule has 1 aromatic heterocycles. The number of fused-ring (bicyclic) bond motifs is 1. The molecule has 40 heavy (non-hydrogen) atoms. The van der Waals surface area contributed by atoms with E-state index in [0.29, 0.717) is 17.8 Å². The number of benzene rings is 2. The summed E-state index contributed by atoms with van der Waals surface area (Å²) < 4.78 is 2.30. The third-order valence-electron chi connectivity index (χ3n) is 10.2. The van der Waals surface area contributed by atoms with Crippen LogP contribution in [0.5, 0.6) is 0 Å². The average molecular weight is 543 g/mol. The summed E-state index contributed by atoms with van der Waals surface area (Å²) in [5.41, 5.74) is 3.71. The van der Waals surface area contributed by atoms with Gasteiger partial charge in [0.15, 0.2) is 0 Å². The lowest BCUT2D eigenvalue weighted by Crippen LogP contribution is -2.46. The number of nitrogens with zero attached hydrogens (tertiary/aromatic N) is 4. The summed E-state index contributed by atoms with van der Waals surface area (Å²) in [6.07, 6.45) is 12.8. The zero-order valence-electron chi connectivity index (χ0n) is 23.9. The Morgan fingerprint density at radius 3 is 2.45 bits per heavy atom. The zero-order chi connectivity index (χ0) is 27.3. The van der Waals surface area contributed by atoms with Gasteiger partial charge in [-0.1, -0.05) is 61.7 Å². The van der Waals surface area contributed by atoms with Gasteiger partial charge < -0.3 is 14.6 Å². The molecule has 0 unspecified atom stereocenters. The predicted octanol–water partition coefficient (Wildman–Crippen LogP) is 6.28. The number of imidazole rings is 1. The number of likely N-dealkylation sites (tertiary alicyclic amines) is 2. The van der Waals surface area contributed by atoms with Gasteiger partial charge in [0, 0.05) is 32.1 Å². The van der Waals surface area contributed by atoms with E-state index in [0.717, 1.165) is 50.5 Å². The van der Waals surface area contributed by atoms with Crippen LogP contribution in [0.2, 0.25) is 0 Å². The number of piperidine rings is 1. The van der Waals surface area contributed by atoms with Crippen LogP contribution in [-0.2, 0) is 11.3 Å². The maximum atomic E-state index is 12.5. The third kappa shape index (κ3) is 6.28. The molecule has 3 aromatic rings. The zero-order valence-corrected chi connectivity index (χ0v) is 23.9. The van der Waals surface area contributed by atoms with Crippen molar-refractivity contribution >= 4 is 17.0 Å². The molecule has 2 saturated heterocycles. The highest BCUT2D eigenvalue weighted by Crippen LogP contribution is 2.38. The Labute approximate surface area is 239 Å². The van der Waals surface area contributed by atoms with Crippen molar-refractivity contribution < 1.29 is 9.90 Å². The van der Waals surface area contributed by atoms with Crippen molar-refractivity contribution in [1.82, 2.24) is 19.4 Å². The van der Waals surface area contributed by atoms with Gasteiger partial charge in [-0.3, -0.25) is 9.69 Å². The minimum Gasteiger partial charge on any atom is -0.480 e. The fourth-order valence-electron chi connectivity index (χ4n) is 8.03. The largest absolute Gasteiger partial charge is 0.480 e. The monoisotopic (exact) mass is 542 g/mol. The van der Waals surface area contributed by atoms with E-state index >= 15 is 0 Å². The molecule has 214 valence electrons. The highest BCUT2D eigenvalue weighted by molar-refractivity contribution is 5.75. The molecule has 0 bridgehead atoms. The first-order valence-corrected chi connectivity index (χ1v) is 15.8. The summed E-state index contributed by atoms with van der Waals surface area (Å²) in [4.78, 5) is 22.1. The molecular formula is C34H46N4O2. The molecule has 3 aliphatic rings. The Morgan fingerprint density at radius 1 is 0.925 bits per heavy atom. The molecule has 3 atom stereocenters. The Bertz CT molecular complexity index is 1230. The SMILES string of the molecule is O=C(O)[C@@H](C1CCCCC1)N1C[C@H](CN2CCC(CCCn3cnc4ccccc43)CC2)[C@@H](c2ccccc2)C1. The minimum atomic E-state index is -0.608. The number of carboxylic acid groups (broad SMARTS) is 1. The van der Waals surface area contributed by atoms with Crippen molar-refractivity contribution in [2.24, 2.45) is 17.8 Å². The third-order valence-corrected chi connectivity index (χ3v) is 10.2. The molecule has 2 aromatic carbocycles. The van der Waals surface area contributed by atoms with E-state index in [1.54, 1.807) is 0 Å². The van der Waals surface area contributed by atoms with E-state index in [1.807, 2.05) is 6.33 Å². The second kappa shape index (κ2) is 12.9. The molecular weight excluding hydrogens is 496 g/mol. The first-order valence-electron chi connectivity index (χ1n) is 15.8. The number of aliphatic carboxylic acids is 1. The van der Waals surface area contributed by atoms with Gasteiger partial charge in [0.1, 0.15) is 6.04 Å². The molecule has 6 rings (SSSR count). The Balaban J connectivity index is 1.04. The van der Waals surface area contributed by atoms with E-state index in [-0.39, 0.29) is 6.04 Å². The first kappa shape index (κ1) is 27.5. The van der Waals surface area contributed by atoms with Gasteiger partial charge in [0.2, 0.25) is 0 Å². The van der Waals surface area contributed by atoms with Gasteiger partial charge in [-0.15, -0.1) is 0 Å². The number of hydrogen-bond acceptors (Lipinski definition) is 4. The van der Waals surface area contributed by atoms with E-state index in [4.69, 9.17) is 0 Å². The van der Waals surface area contributed by atoms with Crippen molar-refractivity contribution in [1.29, 1.82) is 0 Å². The summed E-state index contributed by atoms with van der Waals surface area (Å²) >= 11 is 0. The van der Waals surface area contributed by atoms with E-state index < -0.39 is 5.97 Å². The molecule has 6 nitrogen and oxygen atoms in total. The molecule has 0 amide bonds. The van der Waals surface area contributed by atoms with Crippen LogP contribution < -0.4 is 0 Å². The predicted molar refractivity (Wildman–Crippen MR) is 160 cm³/mol. The van der Waals surface area contributed by atoms with Gasteiger partial charge in [-0.2, -0.15) is 0 Å². The number of para-hydroxylation sites is 2. The smallest absolute Gasteiger partial charge is 0.321 e. The van der Waals surface area contributed by atoms with Crippen LogP contribution in [0.25, 0.3) is 11.0 Å². The maximum Gasteiger partial charge on any atom is 0.321 e. The van der Waals surface area contributed by atoms with Crippen LogP contribution >= 0.6 is 0 Å². The van der Waals surface area contributed by atoms with Crippen molar-refractivity contribution in [2.75, 3.05) is 32.7 Å². The second-order valence-electron chi connectivity index (χ2n) is 12.7. The normalized spacial score (nSPS) is 24.5. The molecule has 0 radical (unpaired) electrons. The van der Waals surface area contributed by atoms with Crippen molar-refractivity contribution in [3.05, 3.63) is 66.5 Å². The number of carboxylic acids is 1. The van der Waals surface area contributed by atoms with E-state index in [9.17, 15) is 9.90 Å². The topological polar surface area (TPSA) is 61.6 Å². The lowest BCUT2D eigenvalue weighted by Gasteiger charge is -2.35. The molecule has 3 fully saturated rings. The maximum absolute atomic E-state index is 12.5. The van der Waals surface area contributed by atoms with Gasteiger partial charge >= 0.3 is 5.97 Å². The lowest BCUT2D eigenvalue weighted by molar-refractivity contribution is -0.145. The molecule has 1 N–H and O–H groups in total. The molecule has 0 spiro atoms. The number of carbonyl (C=O) groups is 1. The summed E-state index contributed by atoms with van der Waals surface area (Å²) in [6.45, 7) is 6.25. The number of rotatable bonds is 10. The summed E-state index contributed by atoms with van der Waals surface area (Å²) in [5.74, 6) is 1.40. The highest BCUT2D eigenvalue weighted by Gasteiger charge is 2.43. The van der Waals surface area contributed by atoms with Gasteiger partial charge in [0.05, 0.1) is 17.4 Å². The van der Waals surface area contributed by atoms with Crippen molar-refractivity contribution in [3.63, 3.8) is 0 Å². The molecule has 6 heteroatoms. The van der Waals surface area contributed by atoms with Crippen molar-refractivity contribution in [3.8, 4) is 0 Å². The number of aryl methyl sites for hydroxylation is 1. The van der Waals surface area contributed by atoms with Crippen LogP contribution in [-0.4, -0.2) is 69.2 Å². The summed E-state index contributed by atoms with van der Waals surface area (Å²) in [6, 6.07) is 19.0. The van der Waals surface area contributed by atoms with Crippen LogP contribution in [0.3, 0.4) is 0 Å². The summed E-state index contributed by atoms with van der Waals surface area (Å²) in [7, 11) is 0. The number of aromatic nitrogens is 2. The Hall–Kier alpha value is -2.70. The second-order valence-corrected chi connectivity index (χ2v) is 12.7. The van der Waals surface area contributed by atoms with Crippen LogP contribution in [0, 0.1) is 17.8 Å². The fourth-order valence-corrected chi connectivity index (χ4v) is 8.03. The minimum absolute atomic E-state index is 0.303. The molecule has 2 aliphatic heterocycles. The summed E-state index contributed by atoms with van der Waals surface area (Å²) in [5, 5.41) is 10.3. The number of hydrogen-bond donors (Lipinski definition) is 1. The molecule has 1 saturated carbocycles. The standard InChI is InChI=1S/C34H46N4O2/c39-34(40)33(28-13-5-2-6-14-28)38-23-29(30(24-38)27-11-3-1-4-12-27)22-36-20-17-26(18-21-36)10-9-19-37-25-35-31-15-7-8-16-32(31)37/h1,3-4,7-8,11-12,15-16,25-26,28-30,33H,2,5-6,9-10,13-14,17-24H2,(H,39,40)/t29-,30+,33+/m0/s1. The van der Waals surface area contributed by atoms with E-state index in [2.05, 4.69) is 73.9 Å². The fraction of sp³-hybridized carbons (Fsp3) is 0.588. The lowest BCUT2D eigenvalue weighted by atomic mass is 9.83. The van der Waals surface area contributed by atoms with Crippen LogP contribution in [0.4, 0.5) is 0 Å². The van der Waals surface area contributed by atoms with Gasteiger partial charge in [-0.05, 0) is 87.1 Å². The molecule has 1 aliphatic carbocycles. The van der Waals surface area contributed by atoms with Gasteiger partial charge in [-0.25, -0.2) is 4.98 Å².